The van der Waals surface area contributed by atoms with Gasteiger partial charge in [-0.1, -0.05) is 30.3 Å². The van der Waals surface area contributed by atoms with Gasteiger partial charge in [-0.15, -0.1) is 0 Å². The van der Waals surface area contributed by atoms with Gasteiger partial charge in [0.05, 0.1) is 19.2 Å². The van der Waals surface area contributed by atoms with Crippen molar-refractivity contribution in [3.8, 4) is 6.07 Å². The fraction of sp³-hybridized carbons (Fsp3) is 0.529. The first kappa shape index (κ1) is 15.5. The topological polar surface area (TPSA) is 47.3 Å². The highest BCUT2D eigenvalue weighted by Gasteiger charge is 2.24. The third kappa shape index (κ3) is 4.57. The maximum Gasteiger partial charge on any atom is 0.237 e. The third-order valence-corrected chi connectivity index (χ3v) is 4.03. The number of nitrogens with zero attached hydrogens (tertiary/aromatic N) is 3. The molecule has 1 aliphatic heterocycles. The highest BCUT2D eigenvalue weighted by Crippen LogP contribution is 2.17. The minimum Gasteiger partial charge on any atom is -0.339 e. The fourth-order valence-corrected chi connectivity index (χ4v) is 2.86. The summed E-state index contributed by atoms with van der Waals surface area (Å²) in [7, 11) is 0. The van der Waals surface area contributed by atoms with Crippen molar-refractivity contribution < 1.29 is 4.79 Å². The Bertz CT molecular complexity index is 495. The van der Waals surface area contributed by atoms with Gasteiger partial charge < -0.3 is 4.90 Å². The van der Waals surface area contributed by atoms with Crippen LogP contribution in [0.3, 0.4) is 0 Å². The molecular weight excluding hydrogens is 262 g/mol. The molecule has 0 N–H and O–H groups in total. The molecule has 0 unspecified atom stereocenters. The summed E-state index contributed by atoms with van der Waals surface area (Å²) in [6.07, 6.45) is 3.38. The van der Waals surface area contributed by atoms with Gasteiger partial charge in [0.1, 0.15) is 0 Å². The van der Waals surface area contributed by atoms with Gasteiger partial charge in [0.25, 0.3) is 0 Å². The van der Waals surface area contributed by atoms with Crippen LogP contribution in [0.25, 0.3) is 0 Å². The molecule has 0 radical (unpaired) electrons. The normalized spacial score (nSPS) is 18.5. The Balaban J connectivity index is 1.95. The van der Waals surface area contributed by atoms with E-state index in [2.05, 4.69) is 13.0 Å². The number of benzene rings is 1. The van der Waals surface area contributed by atoms with E-state index in [-0.39, 0.29) is 12.5 Å². The van der Waals surface area contributed by atoms with Gasteiger partial charge in [-0.25, -0.2) is 0 Å². The summed E-state index contributed by atoms with van der Waals surface area (Å²) in [6, 6.07) is 12.5. The standard InChI is InChI=1S/C17H23N3O/c1-15-7-5-6-11-20(15)17(21)14-19(12-10-18)13-16-8-3-2-4-9-16/h2-4,8-9,15H,5-7,11-14H2,1H3/t15-/m1/s1. The number of likely N-dealkylation sites (tertiary alicyclic amines) is 1. The predicted octanol–water partition coefficient (Wildman–Crippen LogP) is 2.41. The number of amides is 1. The summed E-state index contributed by atoms with van der Waals surface area (Å²) in [5.41, 5.74) is 1.13. The first-order valence-corrected chi connectivity index (χ1v) is 7.63. The largest absolute Gasteiger partial charge is 0.339 e. The predicted molar refractivity (Wildman–Crippen MR) is 82.4 cm³/mol. The van der Waals surface area contributed by atoms with Gasteiger partial charge in [-0.05, 0) is 31.7 Å². The van der Waals surface area contributed by atoms with Gasteiger partial charge in [0, 0.05) is 19.1 Å². The number of piperidine rings is 1. The summed E-state index contributed by atoms with van der Waals surface area (Å²) >= 11 is 0. The maximum absolute atomic E-state index is 12.5. The van der Waals surface area contributed by atoms with E-state index in [9.17, 15) is 4.79 Å². The Morgan fingerprint density at radius 2 is 2.14 bits per heavy atom. The molecule has 112 valence electrons. The molecule has 0 aliphatic carbocycles. The molecule has 1 heterocycles. The fourth-order valence-electron chi connectivity index (χ4n) is 2.86. The van der Waals surface area contributed by atoms with E-state index in [4.69, 9.17) is 5.26 Å². The zero-order valence-corrected chi connectivity index (χ0v) is 12.7. The summed E-state index contributed by atoms with van der Waals surface area (Å²) in [5.74, 6) is 0.147. The van der Waals surface area contributed by atoms with Crippen LogP contribution in [0.2, 0.25) is 0 Å². The molecule has 1 aromatic carbocycles. The second kappa shape index (κ2) is 7.80. The van der Waals surface area contributed by atoms with Crippen LogP contribution in [-0.4, -0.2) is 41.4 Å². The molecule has 0 aromatic heterocycles. The highest BCUT2D eigenvalue weighted by molar-refractivity contribution is 5.78. The van der Waals surface area contributed by atoms with E-state index in [0.29, 0.717) is 19.1 Å². The van der Waals surface area contributed by atoms with Crippen LogP contribution in [0.1, 0.15) is 31.7 Å². The van der Waals surface area contributed by atoms with Gasteiger partial charge in [-0.2, -0.15) is 5.26 Å². The Hall–Kier alpha value is -1.86. The van der Waals surface area contributed by atoms with Crippen LogP contribution in [0.4, 0.5) is 0 Å². The average Bonchev–Trinajstić information content (AvgIpc) is 2.49. The van der Waals surface area contributed by atoms with Gasteiger partial charge in [0.2, 0.25) is 5.91 Å². The molecule has 0 saturated carbocycles. The lowest BCUT2D eigenvalue weighted by molar-refractivity contribution is -0.135. The van der Waals surface area contributed by atoms with E-state index in [1.54, 1.807) is 0 Å². The van der Waals surface area contributed by atoms with Gasteiger partial charge >= 0.3 is 0 Å². The Kier molecular flexibility index (Phi) is 5.77. The third-order valence-electron chi connectivity index (χ3n) is 4.03. The van der Waals surface area contributed by atoms with Gasteiger partial charge in [-0.3, -0.25) is 9.69 Å². The second-order valence-electron chi connectivity index (χ2n) is 5.72. The molecule has 0 bridgehead atoms. The van der Waals surface area contributed by atoms with E-state index in [0.717, 1.165) is 24.9 Å². The number of carbonyl (C=O) groups excluding carboxylic acids is 1. The number of nitriles is 1. The SMILES string of the molecule is C[C@@H]1CCCCN1C(=O)CN(CC#N)Cc1ccccc1. The molecule has 0 spiro atoms. The summed E-state index contributed by atoms with van der Waals surface area (Å²) < 4.78 is 0. The Morgan fingerprint density at radius 3 is 2.81 bits per heavy atom. The number of rotatable bonds is 5. The minimum absolute atomic E-state index is 0.147. The quantitative estimate of drug-likeness (QED) is 0.781. The van der Waals surface area contributed by atoms with Crippen LogP contribution in [0, 0.1) is 11.3 Å². The van der Waals surface area contributed by atoms with Crippen LogP contribution in [-0.2, 0) is 11.3 Å². The molecule has 1 atom stereocenters. The molecule has 1 saturated heterocycles. The average molecular weight is 285 g/mol. The molecular formula is C17H23N3O. The first-order chi connectivity index (χ1) is 10.2. The number of hydrogen-bond donors (Lipinski definition) is 0. The van der Waals surface area contributed by atoms with E-state index >= 15 is 0 Å². The van der Waals surface area contributed by atoms with Crippen molar-refractivity contribution in [1.29, 1.82) is 5.26 Å². The molecule has 1 amide bonds. The van der Waals surface area contributed by atoms with Crippen molar-refractivity contribution >= 4 is 5.91 Å². The Labute approximate surface area is 127 Å². The van der Waals surface area contributed by atoms with Crippen LogP contribution in [0.5, 0.6) is 0 Å². The lowest BCUT2D eigenvalue weighted by Gasteiger charge is -2.34. The second-order valence-corrected chi connectivity index (χ2v) is 5.72. The lowest BCUT2D eigenvalue weighted by atomic mass is 10.0. The molecule has 1 aliphatic rings. The van der Waals surface area contributed by atoms with Gasteiger partial charge in [0.15, 0.2) is 0 Å². The summed E-state index contributed by atoms with van der Waals surface area (Å²) in [5, 5.41) is 8.97. The molecule has 21 heavy (non-hydrogen) atoms. The first-order valence-electron chi connectivity index (χ1n) is 7.63. The number of hydrogen-bond acceptors (Lipinski definition) is 3. The van der Waals surface area contributed by atoms with Crippen molar-refractivity contribution in [3.05, 3.63) is 35.9 Å². The minimum atomic E-state index is 0.147. The maximum atomic E-state index is 12.5. The smallest absolute Gasteiger partial charge is 0.237 e. The highest BCUT2D eigenvalue weighted by atomic mass is 16.2. The summed E-state index contributed by atoms with van der Waals surface area (Å²) in [4.78, 5) is 16.3. The van der Waals surface area contributed by atoms with Crippen LogP contribution >= 0.6 is 0 Å². The lowest BCUT2D eigenvalue weighted by Crippen LogP contribution is -2.46. The zero-order chi connectivity index (χ0) is 15.1. The molecule has 2 rings (SSSR count). The van der Waals surface area contributed by atoms with E-state index < -0.39 is 0 Å². The molecule has 1 aromatic rings. The number of carbonyl (C=O) groups is 1. The molecule has 4 nitrogen and oxygen atoms in total. The van der Waals surface area contributed by atoms with Crippen molar-refractivity contribution in [1.82, 2.24) is 9.80 Å². The van der Waals surface area contributed by atoms with Crippen LogP contribution < -0.4 is 0 Å². The molecule has 4 heteroatoms. The van der Waals surface area contributed by atoms with Crippen molar-refractivity contribution in [2.75, 3.05) is 19.6 Å². The van der Waals surface area contributed by atoms with E-state index in [1.807, 2.05) is 40.1 Å². The van der Waals surface area contributed by atoms with Crippen molar-refractivity contribution in [2.45, 2.75) is 38.8 Å². The summed E-state index contributed by atoms with van der Waals surface area (Å²) in [6.45, 7) is 4.21. The van der Waals surface area contributed by atoms with Crippen molar-refractivity contribution in [2.24, 2.45) is 0 Å². The monoisotopic (exact) mass is 285 g/mol. The van der Waals surface area contributed by atoms with E-state index in [1.165, 1.54) is 6.42 Å². The van der Waals surface area contributed by atoms with Crippen LogP contribution in [0.15, 0.2) is 30.3 Å². The Morgan fingerprint density at radius 1 is 1.38 bits per heavy atom. The zero-order valence-electron chi connectivity index (χ0n) is 12.7. The molecule has 1 fully saturated rings. The van der Waals surface area contributed by atoms with Crippen molar-refractivity contribution in [3.63, 3.8) is 0 Å².